The zero-order valence-corrected chi connectivity index (χ0v) is 13.4. The maximum atomic E-state index is 9.10. The third-order valence-electron chi connectivity index (χ3n) is 2.96. The van der Waals surface area contributed by atoms with Crippen LogP contribution in [0.25, 0.3) is 0 Å². The van der Waals surface area contributed by atoms with Crippen molar-refractivity contribution in [2.75, 3.05) is 5.32 Å². The molecule has 102 valence electrons. The van der Waals surface area contributed by atoms with E-state index in [1.807, 2.05) is 12.1 Å². The van der Waals surface area contributed by atoms with Crippen LogP contribution in [-0.4, -0.2) is 6.04 Å². The summed E-state index contributed by atoms with van der Waals surface area (Å²) >= 11 is 9.41. The molecule has 0 fully saturated rings. The van der Waals surface area contributed by atoms with Crippen LogP contribution in [0.4, 0.5) is 5.69 Å². The van der Waals surface area contributed by atoms with Gasteiger partial charge >= 0.3 is 0 Å². The van der Waals surface area contributed by atoms with Crippen LogP contribution in [0.5, 0.6) is 0 Å². The highest BCUT2D eigenvalue weighted by atomic mass is 79.9. The summed E-state index contributed by atoms with van der Waals surface area (Å²) in [6, 6.07) is 15.9. The van der Waals surface area contributed by atoms with E-state index in [1.54, 1.807) is 18.2 Å². The first-order valence-electron chi connectivity index (χ1n) is 6.29. The van der Waals surface area contributed by atoms with E-state index in [2.05, 4.69) is 46.4 Å². The molecule has 1 N–H and O–H groups in total. The normalized spacial score (nSPS) is 11.7. The molecule has 0 amide bonds. The third kappa shape index (κ3) is 4.00. The fourth-order valence-electron chi connectivity index (χ4n) is 2.02. The zero-order chi connectivity index (χ0) is 14.5. The standard InChI is InChI=1S/C16H14BrClN2/c1-11(8-12-2-5-14(17)6-3-12)20-16-9-15(18)7-4-13(16)10-19/h2-7,9,11,20H,8H2,1H3. The molecule has 0 radical (unpaired) electrons. The predicted molar refractivity (Wildman–Crippen MR) is 87.1 cm³/mol. The van der Waals surface area contributed by atoms with Crippen molar-refractivity contribution < 1.29 is 0 Å². The van der Waals surface area contributed by atoms with Gasteiger partial charge in [0, 0.05) is 15.5 Å². The molecule has 0 aliphatic carbocycles. The molecule has 4 heteroatoms. The minimum Gasteiger partial charge on any atom is -0.381 e. The Labute approximate surface area is 132 Å². The fourth-order valence-corrected chi connectivity index (χ4v) is 2.46. The number of rotatable bonds is 4. The summed E-state index contributed by atoms with van der Waals surface area (Å²) in [7, 11) is 0. The Hall–Kier alpha value is -1.50. The Kier molecular flexibility index (Phi) is 5.05. The van der Waals surface area contributed by atoms with Gasteiger partial charge in [0.05, 0.1) is 11.3 Å². The number of anilines is 1. The van der Waals surface area contributed by atoms with Gasteiger partial charge in [0.1, 0.15) is 6.07 Å². The largest absolute Gasteiger partial charge is 0.381 e. The van der Waals surface area contributed by atoms with Gasteiger partial charge in [-0.05, 0) is 49.2 Å². The van der Waals surface area contributed by atoms with Crippen molar-refractivity contribution >= 4 is 33.2 Å². The molecule has 0 bridgehead atoms. The molecule has 0 aromatic heterocycles. The number of hydrogen-bond acceptors (Lipinski definition) is 2. The molecule has 2 nitrogen and oxygen atoms in total. The third-order valence-corrected chi connectivity index (χ3v) is 3.72. The summed E-state index contributed by atoms with van der Waals surface area (Å²) in [6.45, 7) is 2.09. The van der Waals surface area contributed by atoms with Gasteiger partial charge in [0.15, 0.2) is 0 Å². The van der Waals surface area contributed by atoms with Gasteiger partial charge < -0.3 is 5.32 Å². The second-order valence-electron chi connectivity index (χ2n) is 4.68. The van der Waals surface area contributed by atoms with Crippen molar-refractivity contribution in [1.82, 2.24) is 0 Å². The van der Waals surface area contributed by atoms with Crippen LogP contribution in [0.2, 0.25) is 5.02 Å². The summed E-state index contributed by atoms with van der Waals surface area (Å²) in [5.74, 6) is 0. The molecule has 0 saturated heterocycles. The first-order valence-corrected chi connectivity index (χ1v) is 7.46. The first kappa shape index (κ1) is 14.9. The molecule has 20 heavy (non-hydrogen) atoms. The summed E-state index contributed by atoms with van der Waals surface area (Å²) in [5, 5.41) is 13.1. The number of halogens is 2. The minimum atomic E-state index is 0.210. The average molecular weight is 350 g/mol. The molecule has 0 saturated carbocycles. The van der Waals surface area contributed by atoms with Crippen LogP contribution < -0.4 is 5.32 Å². The smallest absolute Gasteiger partial charge is 0.101 e. The molecule has 1 atom stereocenters. The van der Waals surface area contributed by atoms with Gasteiger partial charge in [-0.3, -0.25) is 0 Å². The SMILES string of the molecule is CC(Cc1ccc(Br)cc1)Nc1cc(Cl)ccc1C#N. The molecule has 0 aliphatic heterocycles. The fraction of sp³-hybridized carbons (Fsp3) is 0.188. The number of nitriles is 1. The molecular formula is C16H14BrClN2. The lowest BCUT2D eigenvalue weighted by Gasteiger charge is -2.16. The van der Waals surface area contributed by atoms with Gasteiger partial charge in [-0.2, -0.15) is 5.26 Å². The van der Waals surface area contributed by atoms with E-state index in [4.69, 9.17) is 16.9 Å². The van der Waals surface area contributed by atoms with Crippen molar-refractivity contribution in [3.05, 3.63) is 63.1 Å². The number of nitrogens with one attached hydrogen (secondary N) is 1. The summed E-state index contributed by atoms with van der Waals surface area (Å²) in [6.07, 6.45) is 0.880. The van der Waals surface area contributed by atoms with E-state index in [0.717, 1.165) is 16.6 Å². The van der Waals surface area contributed by atoms with Crippen molar-refractivity contribution in [2.45, 2.75) is 19.4 Å². The molecule has 0 aliphatic rings. The van der Waals surface area contributed by atoms with Gasteiger partial charge in [0.2, 0.25) is 0 Å². The van der Waals surface area contributed by atoms with Crippen LogP contribution >= 0.6 is 27.5 Å². The molecule has 2 aromatic carbocycles. The van der Waals surface area contributed by atoms with Crippen molar-refractivity contribution in [1.29, 1.82) is 5.26 Å². The Bertz CT molecular complexity index is 632. The maximum absolute atomic E-state index is 9.10. The van der Waals surface area contributed by atoms with Crippen LogP contribution in [0.15, 0.2) is 46.9 Å². The van der Waals surface area contributed by atoms with Crippen LogP contribution in [0.3, 0.4) is 0 Å². The summed E-state index contributed by atoms with van der Waals surface area (Å²) in [4.78, 5) is 0. The molecule has 1 unspecified atom stereocenters. The Morgan fingerprint density at radius 3 is 2.60 bits per heavy atom. The van der Waals surface area contributed by atoms with E-state index < -0.39 is 0 Å². The first-order chi connectivity index (χ1) is 9.58. The van der Waals surface area contributed by atoms with E-state index in [9.17, 15) is 0 Å². The van der Waals surface area contributed by atoms with Crippen LogP contribution in [0, 0.1) is 11.3 Å². The monoisotopic (exact) mass is 348 g/mol. The number of benzene rings is 2. The van der Waals surface area contributed by atoms with Gasteiger partial charge in [-0.15, -0.1) is 0 Å². The highest BCUT2D eigenvalue weighted by Crippen LogP contribution is 2.22. The quantitative estimate of drug-likeness (QED) is 0.841. The van der Waals surface area contributed by atoms with E-state index in [1.165, 1.54) is 5.56 Å². The number of nitrogens with zero attached hydrogens (tertiary/aromatic N) is 1. The summed E-state index contributed by atoms with van der Waals surface area (Å²) in [5.41, 5.74) is 2.63. The van der Waals surface area contributed by atoms with E-state index in [0.29, 0.717) is 10.6 Å². The molecule has 2 aromatic rings. The predicted octanol–water partition coefficient (Wildman–Crippen LogP) is 5.02. The zero-order valence-electron chi connectivity index (χ0n) is 11.0. The minimum absolute atomic E-state index is 0.210. The highest BCUT2D eigenvalue weighted by molar-refractivity contribution is 9.10. The maximum Gasteiger partial charge on any atom is 0.101 e. The van der Waals surface area contributed by atoms with Gasteiger partial charge in [0.25, 0.3) is 0 Å². The van der Waals surface area contributed by atoms with Gasteiger partial charge in [-0.1, -0.05) is 39.7 Å². The summed E-state index contributed by atoms with van der Waals surface area (Å²) < 4.78 is 1.07. The van der Waals surface area contributed by atoms with Crippen molar-refractivity contribution in [2.24, 2.45) is 0 Å². The number of hydrogen-bond donors (Lipinski definition) is 1. The average Bonchev–Trinajstić information content (AvgIpc) is 2.41. The Balaban J connectivity index is 2.08. The van der Waals surface area contributed by atoms with Crippen LogP contribution in [0.1, 0.15) is 18.1 Å². The second-order valence-corrected chi connectivity index (χ2v) is 6.03. The lowest BCUT2D eigenvalue weighted by molar-refractivity contribution is 0.790. The van der Waals surface area contributed by atoms with Crippen molar-refractivity contribution in [3.8, 4) is 6.07 Å². The molecule has 0 spiro atoms. The molecular weight excluding hydrogens is 336 g/mol. The second kappa shape index (κ2) is 6.78. The van der Waals surface area contributed by atoms with Gasteiger partial charge in [-0.25, -0.2) is 0 Å². The Morgan fingerprint density at radius 2 is 1.95 bits per heavy atom. The molecule has 0 heterocycles. The highest BCUT2D eigenvalue weighted by Gasteiger charge is 2.08. The van der Waals surface area contributed by atoms with Crippen molar-refractivity contribution in [3.63, 3.8) is 0 Å². The van der Waals surface area contributed by atoms with E-state index in [-0.39, 0.29) is 6.04 Å². The lowest BCUT2D eigenvalue weighted by Crippen LogP contribution is -2.18. The topological polar surface area (TPSA) is 35.8 Å². The lowest BCUT2D eigenvalue weighted by atomic mass is 10.1. The van der Waals surface area contributed by atoms with Crippen LogP contribution in [-0.2, 0) is 6.42 Å². The Morgan fingerprint density at radius 1 is 1.25 bits per heavy atom. The molecule has 2 rings (SSSR count). The van der Waals surface area contributed by atoms with E-state index >= 15 is 0 Å².